The Bertz CT molecular complexity index is 1110. The predicted molar refractivity (Wildman–Crippen MR) is 90.6 cm³/mol. The summed E-state index contributed by atoms with van der Waals surface area (Å²) in [5, 5.41) is 14.2. The van der Waals surface area contributed by atoms with Crippen LogP contribution in [-0.4, -0.2) is 35.7 Å². The third-order valence-corrected chi connectivity index (χ3v) is 3.66. The van der Waals surface area contributed by atoms with E-state index in [-0.39, 0.29) is 17.0 Å². The van der Waals surface area contributed by atoms with E-state index in [1.165, 1.54) is 6.20 Å². The van der Waals surface area contributed by atoms with Gasteiger partial charge in [0, 0.05) is 17.3 Å². The fraction of sp³-hybridized carbons (Fsp3) is 0. The lowest BCUT2D eigenvalue weighted by atomic mass is 10.1. The summed E-state index contributed by atoms with van der Waals surface area (Å²) in [4.78, 5) is 20.7. The van der Waals surface area contributed by atoms with E-state index < -0.39 is 11.7 Å². The van der Waals surface area contributed by atoms with Crippen molar-refractivity contribution in [2.75, 3.05) is 11.1 Å². The SMILES string of the molecule is Nc1nn2cc(F)cnc2c1C(=O)Nc1cnccc1-c1ccnnc1. The van der Waals surface area contributed by atoms with Crippen LogP contribution < -0.4 is 11.1 Å². The summed E-state index contributed by atoms with van der Waals surface area (Å²) in [5.41, 5.74) is 7.93. The van der Waals surface area contributed by atoms with Crippen LogP contribution in [0.3, 0.4) is 0 Å². The van der Waals surface area contributed by atoms with Crippen LogP contribution in [-0.2, 0) is 0 Å². The minimum Gasteiger partial charge on any atom is -0.381 e. The Morgan fingerprint density at radius 1 is 1.15 bits per heavy atom. The maximum atomic E-state index is 13.3. The molecule has 0 spiro atoms. The average molecular weight is 350 g/mol. The second-order valence-electron chi connectivity index (χ2n) is 5.31. The van der Waals surface area contributed by atoms with Gasteiger partial charge in [-0.2, -0.15) is 10.2 Å². The zero-order valence-electron chi connectivity index (χ0n) is 13.2. The van der Waals surface area contributed by atoms with Gasteiger partial charge < -0.3 is 11.1 Å². The van der Waals surface area contributed by atoms with Crippen molar-refractivity contribution in [3.8, 4) is 11.1 Å². The van der Waals surface area contributed by atoms with Crippen molar-refractivity contribution >= 4 is 23.1 Å². The van der Waals surface area contributed by atoms with Crippen molar-refractivity contribution in [2.24, 2.45) is 0 Å². The normalized spacial score (nSPS) is 10.8. The fourth-order valence-electron chi connectivity index (χ4n) is 2.53. The van der Waals surface area contributed by atoms with Gasteiger partial charge >= 0.3 is 0 Å². The summed E-state index contributed by atoms with van der Waals surface area (Å²) in [7, 11) is 0. The molecule has 0 fully saturated rings. The summed E-state index contributed by atoms with van der Waals surface area (Å²) in [6.45, 7) is 0. The van der Waals surface area contributed by atoms with E-state index in [4.69, 9.17) is 5.73 Å². The number of halogens is 1. The molecule has 10 heteroatoms. The van der Waals surface area contributed by atoms with E-state index >= 15 is 0 Å². The quantitative estimate of drug-likeness (QED) is 0.574. The summed E-state index contributed by atoms with van der Waals surface area (Å²) in [6, 6.07) is 3.49. The van der Waals surface area contributed by atoms with E-state index in [0.717, 1.165) is 22.5 Å². The van der Waals surface area contributed by atoms with Gasteiger partial charge in [-0.1, -0.05) is 0 Å². The third-order valence-electron chi connectivity index (χ3n) is 3.66. The van der Waals surface area contributed by atoms with E-state index in [1.807, 2.05) is 0 Å². The molecule has 128 valence electrons. The second kappa shape index (κ2) is 6.16. The van der Waals surface area contributed by atoms with Gasteiger partial charge in [0.2, 0.25) is 0 Å². The molecule has 26 heavy (non-hydrogen) atoms. The molecule has 4 heterocycles. The summed E-state index contributed by atoms with van der Waals surface area (Å²) in [6.07, 6.45) is 8.29. The standard InChI is InChI=1S/C16H11FN8O/c17-10-6-20-15-13(14(18)24-25(15)8-10)16(26)23-12-7-19-3-2-11(12)9-1-4-21-22-5-9/h1-8H,(H2,18,24)(H,23,26). The van der Waals surface area contributed by atoms with Crippen molar-refractivity contribution in [2.45, 2.75) is 0 Å². The molecule has 0 aromatic carbocycles. The van der Waals surface area contributed by atoms with Crippen molar-refractivity contribution in [3.05, 3.63) is 60.7 Å². The molecule has 0 aliphatic carbocycles. The largest absolute Gasteiger partial charge is 0.381 e. The van der Waals surface area contributed by atoms with Crippen molar-refractivity contribution in [1.82, 2.24) is 29.8 Å². The molecule has 0 saturated carbocycles. The number of hydrogen-bond donors (Lipinski definition) is 2. The number of rotatable bonds is 3. The minimum atomic E-state index is -0.591. The van der Waals surface area contributed by atoms with Crippen LogP contribution in [0.4, 0.5) is 15.9 Å². The van der Waals surface area contributed by atoms with E-state index in [9.17, 15) is 9.18 Å². The van der Waals surface area contributed by atoms with Gasteiger partial charge in [-0.15, -0.1) is 5.10 Å². The summed E-state index contributed by atoms with van der Waals surface area (Å²) < 4.78 is 14.4. The number of hydrogen-bond acceptors (Lipinski definition) is 7. The van der Waals surface area contributed by atoms with Gasteiger partial charge in [-0.3, -0.25) is 9.78 Å². The number of nitrogens with one attached hydrogen (secondary N) is 1. The van der Waals surface area contributed by atoms with Crippen LogP contribution >= 0.6 is 0 Å². The van der Waals surface area contributed by atoms with Crippen molar-refractivity contribution in [1.29, 1.82) is 0 Å². The van der Waals surface area contributed by atoms with Gasteiger partial charge in [0.15, 0.2) is 17.3 Å². The molecule has 1 amide bonds. The number of carbonyl (C=O) groups is 1. The molecule has 4 aromatic rings. The van der Waals surface area contributed by atoms with Crippen LogP contribution in [0.25, 0.3) is 16.8 Å². The van der Waals surface area contributed by atoms with Crippen molar-refractivity contribution < 1.29 is 9.18 Å². The Hall–Kier alpha value is -3.95. The van der Waals surface area contributed by atoms with E-state index in [0.29, 0.717) is 11.3 Å². The smallest absolute Gasteiger partial charge is 0.263 e. The average Bonchev–Trinajstić information content (AvgIpc) is 2.97. The molecule has 0 atom stereocenters. The number of anilines is 2. The first kappa shape index (κ1) is 15.6. The monoisotopic (exact) mass is 350 g/mol. The lowest BCUT2D eigenvalue weighted by Gasteiger charge is -2.10. The zero-order valence-corrected chi connectivity index (χ0v) is 13.2. The fourth-order valence-corrected chi connectivity index (χ4v) is 2.53. The molecular formula is C16H11FN8O. The topological polar surface area (TPSA) is 124 Å². The first-order valence-electron chi connectivity index (χ1n) is 7.45. The number of nitrogen functional groups attached to an aromatic ring is 1. The predicted octanol–water partition coefficient (Wildman–Crippen LogP) is 1.55. The molecule has 0 aliphatic heterocycles. The number of pyridine rings is 1. The molecule has 0 aliphatic rings. The molecule has 0 radical (unpaired) electrons. The summed E-state index contributed by atoms with van der Waals surface area (Å²) in [5.74, 6) is -1.18. The number of fused-ring (bicyclic) bond motifs is 1. The van der Waals surface area contributed by atoms with E-state index in [2.05, 4.69) is 30.6 Å². The highest BCUT2D eigenvalue weighted by Gasteiger charge is 2.21. The highest BCUT2D eigenvalue weighted by molar-refractivity contribution is 6.12. The Kier molecular flexibility index (Phi) is 3.69. The van der Waals surface area contributed by atoms with Crippen LogP contribution in [0.1, 0.15) is 10.4 Å². The van der Waals surface area contributed by atoms with Crippen LogP contribution in [0.15, 0.2) is 49.3 Å². The Labute approximate surface area is 145 Å². The molecule has 0 saturated heterocycles. The molecule has 9 nitrogen and oxygen atoms in total. The Balaban J connectivity index is 1.74. The zero-order chi connectivity index (χ0) is 18.1. The lowest BCUT2D eigenvalue weighted by Crippen LogP contribution is -2.14. The minimum absolute atomic E-state index is 0.0488. The number of nitrogens with two attached hydrogens (primary N) is 1. The maximum Gasteiger partial charge on any atom is 0.263 e. The highest BCUT2D eigenvalue weighted by atomic mass is 19.1. The van der Waals surface area contributed by atoms with Crippen LogP contribution in [0.5, 0.6) is 0 Å². The summed E-state index contributed by atoms with van der Waals surface area (Å²) >= 11 is 0. The first-order chi connectivity index (χ1) is 12.6. The first-order valence-corrected chi connectivity index (χ1v) is 7.45. The second-order valence-corrected chi connectivity index (χ2v) is 5.31. The van der Waals surface area contributed by atoms with Gasteiger partial charge in [0.1, 0.15) is 5.56 Å². The number of aromatic nitrogens is 6. The number of amides is 1. The maximum absolute atomic E-state index is 13.3. The highest BCUT2D eigenvalue weighted by Crippen LogP contribution is 2.27. The Morgan fingerprint density at radius 2 is 2.04 bits per heavy atom. The van der Waals surface area contributed by atoms with Gasteiger partial charge in [-0.05, 0) is 12.1 Å². The third kappa shape index (κ3) is 2.69. The Morgan fingerprint density at radius 3 is 2.85 bits per heavy atom. The molecule has 3 N–H and O–H groups in total. The van der Waals surface area contributed by atoms with E-state index in [1.54, 1.807) is 30.7 Å². The van der Waals surface area contributed by atoms with Gasteiger partial charge in [0.25, 0.3) is 5.91 Å². The number of nitrogens with zero attached hydrogens (tertiary/aromatic N) is 6. The molecule has 0 unspecified atom stereocenters. The van der Waals surface area contributed by atoms with Crippen LogP contribution in [0, 0.1) is 5.82 Å². The molecule has 4 rings (SSSR count). The molecular weight excluding hydrogens is 339 g/mol. The van der Waals surface area contributed by atoms with Crippen LogP contribution in [0.2, 0.25) is 0 Å². The van der Waals surface area contributed by atoms with Gasteiger partial charge in [-0.25, -0.2) is 13.9 Å². The van der Waals surface area contributed by atoms with Crippen molar-refractivity contribution in [3.63, 3.8) is 0 Å². The molecule has 0 bridgehead atoms. The van der Waals surface area contributed by atoms with Gasteiger partial charge in [0.05, 0.1) is 36.7 Å². The lowest BCUT2D eigenvalue weighted by molar-refractivity contribution is 0.102. The number of carbonyl (C=O) groups excluding carboxylic acids is 1. The molecule has 4 aromatic heterocycles.